The minimum absolute atomic E-state index is 0.0760. The number of aromatic hydroxyl groups is 1. The van der Waals surface area contributed by atoms with Crippen LogP contribution in [-0.2, 0) is 17.6 Å². The van der Waals surface area contributed by atoms with Gasteiger partial charge in [-0.25, -0.2) is 0 Å². The first kappa shape index (κ1) is 19.0. The van der Waals surface area contributed by atoms with E-state index in [9.17, 15) is 15.0 Å². The molecular formula is C21H26O4. The van der Waals surface area contributed by atoms with E-state index in [0.29, 0.717) is 32.3 Å². The summed E-state index contributed by atoms with van der Waals surface area (Å²) in [6, 6.07) is 14.7. The summed E-state index contributed by atoms with van der Waals surface area (Å²) >= 11 is 0. The molecule has 0 bridgehead atoms. The Morgan fingerprint density at radius 3 is 2.24 bits per heavy atom. The van der Waals surface area contributed by atoms with Crippen molar-refractivity contribution in [3.8, 4) is 11.5 Å². The second-order valence-electron chi connectivity index (χ2n) is 6.18. The Labute approximate surface area is 149 Å². The van der Waals surface area contributed by atoms with Gasteiger partial charge in [0.25, 0.3) is 0 Å². The summed E-state index contributed by atoms with van der Waals surface area (Å²) in [5.41, 5.74) is 2.13. The Bertz CT molecular complexity index is 647. The van der Waals surface area contributed by atoms with Crippen molar-refractivity contribution in [3.05, 3.63) is 59.7 Å². The van der Waals surface area contributed by atoms with Crippen LogP contribution in [0.2, 0.25) is 0 Å². The van der Waals surface area contributed by atoms with E-state index in [4.69, 9.17) is 4.74 Å². The number of carbonyl (C=O) groups is 1. The third kappa shape index (κ3) is 6.98. The number of phenols is 1. The zero-order valence-electron chi connectivity index (χ0n) is 14.6. The lowest BCUT2D eigenvalue weighted by Crippen LogP contribution is -2.14. The number of ether oxygens (including phenoxy) is 1. The Hall–Kier alpha value is -2.33. The van der Waals surface area contributed by atoms with Gasteiger partial charge in [-0.3, -0.25) is 4.79 Å². The number of rotatable bonds is 10. The SMILES string of the molecule is CCOc1ccc(CCC(=O)CC(O)CCc2ccc(O)cc2)cc1. The summed E-state index contributed by atoms with van der Waals surface area (Å²) in [5.74, 6) is 1.14. The molecule has 2 aromatic carbocycles. The number of hydrogen-bond acceptors (Lipinski definition) is 4. The number of aryl methyl sites for hydroxylation is 2. The summed E-state index contributed by atoms with van der Waals surface area (Å²) in [4.78, 5) is 12.0. The van der Waals surface area contributed by atoms with Crippen LogP contribution in [0.3, 0.4) is 0 Å². The number of Topliss-reactive ketones (excluding diaryl/α,β-unsaturated/α-hetero) is 1. The summed E-state index contributed by atoms with van der Waals surface area (Å²) in [5, 5.41) is 19.3. The molecule has 0 radical (unpaired) electrons. The highest BCUT2D eigenvalue weighted by Crippen LogP contribution is 2.15. The average Bonchev–Trinajstić information content (AvgIpc) is 2.61. The lowest BCUT2D eigenvalue weighted by Gasteiger charge is -2.10. The summed E-state index contributed by atoms with van der Waals surface area (Å²) in [6.07, 6.45) is 1.91. The predicted molar refractivity (Wildman–Crippen MR) is 98.0 cm³/mol. The first-order chi connectivity index (χ1) is 12.1. The largest absolute Gasteiger partial charge is 0.508 e. The zero-order chi connectivity index (χ0) is 18.1. The molecule has 0 spiro atoms. The summed E-state index contributed by atoms with van der Waals surface area (Å²) in [6.45, 7) is 2.58. The van der Waals surface area contributed by atoms with E-state index in [-0.39, 0.29) is 18.0 Å². The van der Waals surface area contributed by atoms with Crippen LogP contribution in [0.15, 0.2) is 48.5 Å². The summed E-state index contributed by atoms with van der Waals surface area (Å²) in [7, 11) is 0. The zero-order valence-corrected chi connectivity index (χ0v) is 14.6. The molecule has 2 aromatic rings. The van der Waals surface area contributed by atoms with Crippen LogP contribution < -0.4 is 4.74 Å². The van der Waals surface area contributed by atoms with E-state index in [1.54, 1.807) is 12.1 Å². The molecule has 0 saturated carbocycles. The number of benzene rings is 2. The third-order valence-corrected chi connectivity index (χ3v) is 4.09. The smallest absolute Gasteiger partial charge is 0.135 e. The molecule has 25 heavy (non-hydrogen) atoms. The van der Waals surface area contributed by atoms with E-state index in [1.807, 2.05) is 43.3 Å². The molecular weight excluding hydrogens is 316 g/mol. The van der Waals surface area contributed by atoms with Crippen molar-refractivity contribution >= 4 is 5.78 Å². The topological polar surface area (TPSA) is 66.8 Å². The molecule has 0 aromatic heterocycles. The molecule has 134 valence electrons. The van der Waals surface area contributed by atoms with Gasteiger partial charge in [0.1, 0.15) is 17.3 Å². The molecule has 0 aliphatic rings. The number of ketones is 1. The molecule has 0 amide bonds. The van der Waals surface area contributed by atoms with Gasteiger partial charge in [0.2, 0.25) is 0 Å². The van der Waals surface area contributed by atoms with Crippen molar-refractivity contribution in [3.63, 3.8) is 0 Å². The van der Waals surface area contributed by atoms with E-state index in [1.165, 1.54) is 0 Å². The van der Waals surface area contributed by atoms with Crippen molar-refractivity contribution in [1.82, 2.24) is 0 Å². The molecule has 1 unspecified atom stereocenters. The number of carbonyl (C=O) groups excluding carboxylic acids is 1. The Morgan fingerprint density at radius 1 is 1.00 bits per heavy atom. The highest BCUT2D eigenvalue weighted by Gasteiger charge is 2.11. The molecule has 0 saturated heterocycles. The van der Waals surface area contributed by atoms with Gasteiger partial charge in [-0.1, -0.05) is 24.3 Å². The highest BCUT2D eigenvalue weighted by atomic mass is 16.5. The van der Waals surface area contributed by atoms with Crippen LogP contribution in [0.25, 0.3) is 0 Å². The fraction of sp³-hybridized carbons (Fsp3) is 0.381. The molecule has 4 nitrogen and oxygen atoms in total. The number of aliphatic hydroxyl groups is 1. The second-order valence-corrected chi connectivity index (χ2v) is 6.18. The molecule has 0 aliphatic heterocycles. The fourth-order valence-electron chi connectivity index (χ4n) is 2.67. The van der Waals surface area contributed by atoms with E-state index >= 15 is 0 Å². The monoisotopic (exact) mass is 342 g/mol. The Morgan fingerprint density at radius 2 is 1.60 bits per heavy atom. The van der Waals surface area contributed by atoms with Crippen molar-refractivity contribution in [1.29, 1.82) is 0 Å². The standard InChI is InChI=1S/C21H26O4/c1-2-25-21-13-7-17(8-14-21)6-12-20(24)15-19(23)11-5-16-3-9-18(22)10-4-16/h3-4,7-10,13-14,19,22-23H,2,5-6,11-12,15H2,1H3. The van der Waals surface area contributed by atoms with Gasteiger partial charge < -0.3 is 14.9 Å². The number of aliphatic hydroxyl groups excluding tert-OH is 1. The second kappa shape index (κ2) is 9.84. The maximum absolute atomic E-state index is 12.0. The first-order valence-corrected chi connectivity index (χ1v) is 8.76. The summed E-state index contributed by atoms with van der Waals surface area (Å²) < 4.78 is 5.40. The van der Waals surface area contributed by atoms with Gasteiger partial charge in [0.15, 0.2) is 0 Å². The van der Waals surface area contributed by atoms with Crippen LogP contribution >= 0.6 is 0 Å². The predicted octanol–water partition coefficient (Wildman–Crippen LogP) is 3.68. The van der Waals surface area contributed by atoms with Crippen molar-refractivity contribution < 1.29 is 19.7 Å². The number of hydrogen-bond donors (Lipinski definition) is 2. The minimum atomic E-state index is -0.623. The van der Waals surface area contributed by atoms with Crippen molar-refractivity contribution in [2.75, 3.05) is 6.61 Å². The lowest BCUT2D eigenvalue weighted by atomic mass is 10.00. The van der Waals surface area contributed by atoms with Crippen molar-refractivity contribution in [2.24, 2.45) is 0 Å². The van der Waals surface area contributed by atoms with E-state index in [0.717, 1.165) is 16.9 Å². The van der Waals surface area contributed by atoms with Crippen LogP contribution in [0.1, 0.15) is 37.3 Å². The lowest BCUT2D eigenvalue weighted by molar-refractivity contribution is -0.120. The first-order valence-electron chi connectivity index (χ1n) is 8.76. The third-order valence-electron chi connectivity index (χ3n) is 4.09. The van der Waals surface area contributed by atoms with E-state index < -0.39 is 6.10 Å². The average molecular weight is 342 g/mol. The van der Waals surface area contributed by atoms with Crippen LogP contribution in [-0.4, -0.2) is 28.7 Å². The molecule has 0 fully saturated rings. The van der Waals surface area contributed by atoms with Crippen molar-refractivity contribution in [2.45, 2.75) is 45.1 Å². The quantitative estimate of drug-likeness (QED) is 0.691. The fourth-order valence-corrected chi connectivity index (χ4v) is 2.67. The van der Waals surface area contributed by atoms with Gasteiger partial charge in [-0.2, -0.15) is 0 Å². The molecule has 0 aliphatic carbocycles. The van der Waals surface area contributed by atoms with Crippen LogP contribution in [0, 0.1) is 0 Å². The maximum atomic E-state index is 12.0. The van der Waals surface area contributed by atoms with Gasteiger partial charge in [0.05, 0.1) is 12.7 Å². The highest BCUT2D eigenvalue weighted by molar-refractivity contribution is 5.79. The van der Waals surface area contributed by atoms with Gasteiger partial charge >= 0.3 is 0 Å². The normalized spacial score (nSPS) is 11.9. The van der Waals surface area contributed by atoms with Gasteiger partial charge in [0, 0.05) is 12.8 Å². The molecule has 2 rings (SSSR count). The van der Waals surface area contributed by atoms with Gasteiger partial charge in [-0.15, -0.1) is 0 Å². The molecule has 2 N–H and O–H groups in total. The molecule has 1 atom stereocenters. The van der Waals surface area contributed by atoms with Crippen LogP contribution in [0.4, 0.5) is 0 Å². The van der Waals surface area contributed by atoms with Crippen LogP contribution in [0.5, 0.6) is 11.5 Å². The Balaban J connectivity index is 1.69. The minimum Gasteiger partial charge on any atom is -0.508 e. The maximum Gasteiger partial charge on any atom is 0.135 e. The number of phenolic OH excluding ortho intramolecular Hbond substituents is 1. The molecule has 0 heterocycles. The Kier molecular flexibility index (Phi) is 7.48. The van der Waals surface area contributed by atoms with E-state index in [2.05, 4.69) is 0 Å². The molecule has 4 heteroatoms. The van der Waals surface area contributed by atoms with Gasteiger partial charge in [-0.05, 0) is 61.6 Å².